The topological polar surface area (TPSA) is 75.3 Å². The second-order valence-corrected chi connectivity index (χ2v) is 6.67. The zero-order valence-corrected chi connectivity index (χ0v) is 13.2. The summed E-state index contributed by atoms with van der Waals surface area (Å²) >= 11 is 3.32. The van der Waals surface area contributed by atoms with E-state index in [9.17, 15) is 9.90 Å². The molecule has 0 aliphatic heterocycles. The largest absolute Gasteiger partial charge is 0.398 e. The van der Waals surface area contributed by atoms with Gasteiger partial charge in [-0.05, 0) is 65.7 Å². The zero-order valence-electron chi connectivity index (χ0n) is 11.7. The van der Waals surface area contributed by atoms with E-state index in [2.05, 4.69) is 28.2 Å². The third kappa shape index (κ3) is 3.33. The van der Waals surface area contributed by atoms with Gasteiger partial charge in [0.15, 0.2) is 0 Å². The lowest BCUT2D eigenvalue weighted by Crippen LogP contribution is -2.53. The number of carbonyl (C=O) groups excluding carboxylic acids is 1. The van der Waals surface area contributed by atoms with Crippen molar-refractivity contribution in [1.82, 2.24) is 5.32 Å². The molecule has 110 valence electrons. The first-order valence-electron chi connectivity index (χ1n) is 6.94. The summed E-state index contributed by atoms with van der Waals surface area (Å²) in [6.45, 7) is 2.20. The van der Waals surface area contributed by atoms with Crippen LogP contribution in [-0.4, -0.2) is 23.2 Å². The van der Waals surface area contributed by atoms with Crippen molar-refractivity contribution in [2.45, 2.75) is 38.1 Å². The number of aliphatic hydroxyl groups is 1. The van der Waals surface area contributed by atoms with Crippen LogP contribution in [0.25, 0.3) is 0 Å². The highest BCUT2D eigenvalue weighted by atomic mass is 79.9. The smallest absolute Gasteiger partial charge is 0.251 e. The van der Waals surface area contributed by atoms with Gasteiger partial charge in [-0.1, -0.05) is 6.92 Å². The fraction of sp³-hybridized carbons (Fsp3) is 0.533. The van der Waals surface area contributed by atoms with Crippen molar-refractivity contribution in [2.75, 3.05) is 12.3 Å². The van der Waals surface area contributed by atoms with Crippen molar-refractivity contribution in [2.24, 2.45) is 5.92 Å². The molecule has 20 heavy (non-hydrogen) atoms. The Morgan fingerprint density at radius 1 is 1.50 bits per heavy atom. The molecule has 1 fully saturated rings. The number of anilines is 1. The van der Waals surface area contributed by atoms with E-state index in [0.29, 0.717) is 21.6 Å². The van der Waals surface area contributed by atoms with Crippen molar-refractivity contribution >= 4 is 27.5 Å². The summed E-state index contributed by atoms with van der Waals surface area (Å²) in [4.78, 5) is 12.3. The van der Waals surface area contributed by atoms with E-state index >= 15 is 0 Å². The molecule has 1 aliphatic carbocycles. The molecule has 1 aromatic rings. The predicted molar refractivity (Wildman–Crippen MR) is 83.5 cm³/mol. The standard InChI is InChI=1S/C15H21BrN2O2/c1-10-4-6-15(9-19,7-5-10)18-14(20)11-2-3-13(17)12(16)8-11/h2-3,8,10,19H,4-7,9,17H2,1H3,(H,18,20). The predicted octanol–water partition coefficient (Wildman–Crippen LogP) is 2.70. The maximum Gasteiger partial charge on any atom is 0.251 e. The summed E-state index contributed by atoms with van der Waals surface area (Å²) < 4.78 is 0.709. The molecule has 1 saturated carbocycles. The van der Waals surface area contributed by atoms with Gasteiger partial charge in [-0.3, -0.25) is 4.79 Å². The van der Waals surface area contributed by atoms with Gasteiger partial charge in [0, 0.05) is 15.7 Å². The average Bonchev–Trinajstić information content (AvgIpc) is 2.44. The minimum atomic E-state index is -0.475. The van der Waals surface area contributed by atoms with Crippen molar-refractivity contribution in [1.29, 1.82) is 0 Å². The molecule has 0 radical (unpaired) electrons. The van der Waals surface area contributed by atoms with Gasteiger partial charge in [0.2, 0.25) is 0 Å². The SMILES string of the molecule is CC1CCC(CO)(NC(=O)c2ccc(N)c(Br)c2)CC1. The lowest BCUT2D eigenvalue weighted by molar-refractivity contribution is 0.0717. The number of hydrogen-bond donors (Lipinski definition) is 3. The van der Waals surface area contributed by atoms with Gasteiger partial charge in [0.05, 0.1) is 12.1 Å². The summed E-state index contributed by atoms with van der Waals surface area (Å²) in [6.07, 6.45) is 3.72. The van der Waals surface area contributed by atoms with Gasteiger partial charge >= 0.3 is 0 Å². The van der Waals surface area contributed by atoms with Crippen molar-refractivity contribution in [3.05, 3.63) is 28.2 Å². The first-order chi connectivity index (χ1) is 9.46. The molecule has 0 bridgehead atoms. The van der Waals surface area contributed by atoms with Crippen LogP contribution in [-0.2, 0) is 0 Å². The van der Waals surface area contributed by atoms with Gasteiger partial charge in [0.1, 0.15) is 0 Å². The molecule has 0 spiro atoms. The summed E-state index contributed by atoms with van der Waals surface area (Å²) in [7, 11) is 0. The third-order valence-corrected chi connectivity index (χ3v) is 4.86. The molecular formula is C15H21BrN2O2. The fourth-order valence-electron chi connectivity index (χ4n) is 2.62. The first kappa shape index (κ1) is 15.3. The Morgan fingerprint density at radius 2 is 2.15 bits per heavy atom. The molecule has 0 saturated heterocycles. The van der Waals surface area contributed by atoms with Crippen LogP contribution in [0, 0.1) is 5.92 Å². The van der Waals surface area contributed by atoms with Crippen LogP contribution >= 0.6 is 15.9 Å². The Bertz CT molecular complexity index is 497. The molecule has 2 rings (SSSR count). The van der Waals surface area contributed by atoms with Crippen molar-refractivity contribution in [3.63, 3.8) is 0 Å². The van der Waals surface area contributed by atoms with Crippen LogP contribution in [0.2, 0.25) is 0 Å². The number of nitrogens with two attached hydrogens (primary N) is 1. The van der Waals surface area contributed by atoms with Crippen LogP contribution in [0.4, 0.5) is 5.69 Å². The maximum atomic E-state index is 12.3. The van der Waals surface area contributed by atoms with Gasteiger partial charge in [-0.25, -0.2) is 0 Å². The third-order valence-electron chi connectivity index (χ3n) is 4.18. The van der Waals surface area contributed by atoms with E-state index in [1.807, 2.05) is 0 Å². The molecule has 1 amide bonds. The number of carbonyl (C=O) groups is 1. The van der Waals surface area contributed by atoms with Crippen LogP contribution in [0.5, 0.6) is 0 Å². The molecule has 0 aromatic heterocycles. The molecule has 5 heteroatoms. The number of benzene rings is 1. The number of hydrogen-bond acceptors (Lipinski definition) is 3. The molecule has 4 nitrogen and oxygen atoms in total. The summed E-state index contributed by atoms with van der Waals surface area (Å²) in [5.41, 5.74) is 6.40. The molecule has 0 atom stereocenters. The second kappa shape index (κ2) is 6.14. The summed E-state index contributed by atoms with van der Waals surface area (Å²) in [5, 5.41) is 12.7. The van der Waals surface area contributed by atoms with Crippen molar-refractivity contribution in [3.8, 4) is 0 Å². The molecule has 0 heterocycles. The number of rotatable bonds is 3. The Balaban J connectivity index is 2.11. The molecule has 1 aliphatic rings. The Labute approximate surface area is 127 Å². The minimum Gasteiger partial charge on any atom is -0.398 e. The highest BCUT2D eigenvalue weighted by Gasteiger charge is 2.35. The van der Waals surface area contributed by atoms with Crippen LogP contribution < -0.4 is 11.1 Å². The average molecular weight is 341 g/mol. The van der Waals surface area contributed by atoms with E-state index in [-0.39, 0.29) is 12.5 Å². The van der Waals surface area contributed by atoms with E-state index < -0.39 is 5.54 Å². The lowest BCUT2D eigenvalue weighted by Gasteiger charge is -2.38. The second-order valence-electron chi connectivity index (χ2n) is 5.81. The maximum absolute atomic E-state index is 12.3. The van der Waals surface area contributed by atoms with Gasteiger partial charge in [-0.15, -0.1) is 0 Å². The van der Waals surface area contributed by atoms with E-state index in [1.165, 1.54) is 0 Å². The quantitative estimate of drug-likeness (QED) is 0.740. The number of nitrogens with one attached hydrogen (secondary N) is 1. The summed E-state index contributed by atoms with van der Waals surface area (Å²) in [5.74, 6) is 0.506. The minimum absolute atomic E-state index is 0.0123. The highest BCUT2D eigenvalue weighted by molar-refractivity contribution is 9.10. The normalized spacial score (nSPS) is 26.2. The van der Waals surface area contributed by atoms with Crippen LogP contribution in [0.15, 0.2) is 22.7 Å². The Morgan fingerprint density at radius 3 is 2.70 bits per heavy atom. The highest BCUT2D eigenvalue weighted by Crippen LogP contribution is 2.32. The summed E-state index contributed by atoms with van der Waals surface area (Å²) in [6, 6.07) is 5.11. The van der Waals surface area contributed by atoms with Crippen LogP contribution in [0.3, 0.4) is 0 Å². The zero-order chi connectivity index (χ0) is 14.8. The van der Waals surface area contributed by atoms with Gasteiger partial charge in [-0.2, -0.15) is 0 Å². The number of aliphatic hydroxyl groups excluding tert-OH is 1. The van der Waals surface area contributed by atoms with E-state index in [4.69, 9.17) is 5.73 Å². The molecular weight excluding hydrogens is 320 g/mol. The van der Waals surface area contributed by atoms with E-state index in [0.717, 1.165) is 25.7 Å². The van der Waals surface area contributed by atoms with Crippen LogP contribution in [0.1, 0.15) is 43.0 Å². The molecule has 1 aromatic carbocycles. The number of halogens is 1. The van der Waals surface area contributed by atoms with Gasteiger partial charge in [0.25, 0.3) is 5.91 Å². The fourth-order valence-corrected chi connectivity index (χ4v) is 3.00. The first-order valence-corrected chi connectivity index (χ1v) is 7.73. The van der Waals surface area contributed by atoms with Gasteiger partial charge < -0.3 is 16.2 Å². The Hall–Kier alpha value is -1.07. The molecule has 4 N–H and O–H groups in total. The number of amides is 1. The Kier molecular flexibility index (Phi) is 4.70. The molecule has 0 unspecified atom stereocenters. The van der Waals surface area contributed by atoms with E-state index in [1.54, 1.807) is 18.2 Å². The van der Waals surface area contributed by atoms with Crippen molar-refractivity contribution < 1.29 is 9.90 Å². The monoisotopic (exact) mass is 340 g/mol. The number of nitrogen functional groups attached to an aromatic ring is 1. The lowest BCUT2D eigenvalue weighted by atomic mass is 9.77.